The van der Waals surface area contributed by atoms with Gasteiger partial charge in [0, 0.05) is 19.1 Å². The molecule has 3 N–H and O–H groups in total. The topological polar surface area (TPSA) is 114 Å². The van der Waals surface area contributed by atoms with Gasteiger partial charge in [-0.05, 0) is 47.9 Å². The van der Waals surface area contributed by atoms with Crippen LogP contribution in [-0.2, 0) is 19.1 Å². The second-order valence-electron chi connectivity index (χ2n) is 9.29. The number of fused-ring (bicyclic) bond motifs is 3. The molecule has 1 fully saturated rings. The number of carboxylic acid groups (broad SMARTS) is 1. The predicted molar refractivity (Wildman–Crippen MR) is 130 cm³/mol. The Bertz CT molecular complexity index is 1040. The van der Waals surface area contributed by atoms with E-state index in [2.05, 4.69) is 22.8 Å². The molecule has 1 saturated carbocycles. The van der Waals surface area contributed by atoms with Crippen molar-refractivity contribution in [3.05, 3.63) is 59.7 Å². The number of aliphatic carboxylic acids is 1. The zero-order valence-electron chi connectivity index (χ0n) is 20.0. The van der Waals surface area contributed by atoms with E-state index >= 15 is 0 Å². The maximum atomic E-state index is 13.0. The average Bonchev–Trinajstić information content (AvgIpc) is 3.13. The molecule has 2 aromatic carbocycles. The third-order valence-electron chi connectivity index (χ3n) is 7.18. The van der Waals surface area contributed by atoms with Gasteiger partial charge in [-0.15, -0.1) is 0 Å². The van der Waals surface area contributed by atoms with Crippen LogP contribution in [0.5, 0.6) is 0 Å². The van der Waals surface area contributed by atoms with Gasteiger partial charge >= 0.3 is 12.1 Å². The molecule has 4 rings (SSSR count). The van der Waals surface area contributed by atoms with Crippen molar-refractivity contribution in [3.63, 3.8) is 0 Å². The molecule has 2 aromatic rings. The van der Waals surface area contributed by atoms with Crippen molar-refractivity contribution in [2.24, 2.45) is 5.92 Å². The molecule has 2 aliphatic rings. The highest BCUT2D eigenvalue weighted by molar-refractivity contribution is 5.87. The van der Waals surface area contributed by atoms with Gasteiger partial charge in [0.25, 0.3) is 0 Å². The number of benzene rings is 2. The van der Waals surface area contributed by atoms with Crippen LogP contribution in [0.1, 0.15) is 49.7 Å². The Kier molecular flexibility index (Phi) is 7.70. The van der Waals surface area contributed by atoms with E-state index < -0.39 is 36.2 Å². The lowest BCUT2D eigenvalue weighted by Crippen LogP contribution is -2.56. The van der Waals surface area contributed by atoms with Gasteiger partial charge in [-0.2, -0.15) is 0 Å². The zero-order valence-corrected chi connectivity index (χ0v) is 20.0. The summed E-state index contributed by atoms with van der Waals surface area (Å²) in [5.74, 6) is -1.42. The molecule has 0 bridgehead atoms. The standard InChI is InChI=1S/C27H32N2O6/c1-16(34-2)25(26(32)28-23(14-24(30)31)17-8-7-9-17)29-27(33)35-15-22-20-12-5-3-10-18(20)19-11-4-6-13-21(19)22/h3-6,10-13,16-17,22-23,25H,7-9,14-15H2,1-2H3,(H,28,32)(H,29,33)(H,30,31)/t16-,23?,25+/m1/s1. The van der Waals surface area contributed by atoms with Crippen LogP contribution in [0.3, 0.4) is 0 Å². The molecule has 8 nitrogen and oxygen atoms in total. The van der Waals surface area contributed by atoms with Gasteiger partial charge < -0.3 is 25.2 Å². The third kappa shape index (κ3) is 5.48. The second-order valence-corrected chi connectivity index (χ2v) is 9.29. The molecule has 2 aliphatic carbocycles. The van der Waals surface area contributed by atoms with Crippen molar-refractivity contribution in [1.82, 2.24) is 10.6 Å². The smallest absolute Gasteiger partial charge is 0.407 e. The Hall–Kier alpha value is -3.39. The van der Waals surface area contributed by atoms with Crippen LogP contribution in [-0.4, -0.2) is 55.0 Å². The van der Waals surface area contributed by atoms with Crippen molar-refractivity contribution < 1.29 is 29.0 Å². The minimum Gasteiger partial charge on any atom is -0.481 e. The molecule has 3 atom stereocenters. The first-order valence-electron chi connectivity index (χ1n) is 12.1. The summed E-state index contributed by atoms with van der Waals surface area (Å²) < 4.78 is 10.9. The van der Waals surface area contributed by atoms with E-state index in [1.165, 1.54) is 7.11 Å². The van der Waals surface area contributed by atoms with Gasteiger partial charge in [0.2, 0.25) is 5.91 Å². The molecular formula is C27H32N2O6. The summed E-state index contributed by atoms with van der Waals surface area (Å²) in [6.07, 6.45) is 1.25. The normalized spacial score (nSPS) is 17.3. The van der Waals surface area contributed by atoms with Gasteiger partial charge in [-0.1, -0.05) is 55.0 Å². The Morgan fingerprint density at radius 1 is 1.00 bits per heavy atom. The molecular weight excluding hydrogens is 448 g/mol. The minimum absolute atomic E-state index is 0.0983. The van der Waals surface area contributed by atoms with Crippen LogP contribution in [0.25, 0.3) is 11.1 Å². The predicted octanol–water partition coefficient (Wildman–Crippen LogP) is 3.69. The number of nitrogens with one attached hydrogen (secondary N) is 2. The molecule has 1 unspecified atom stereocenters. The fourth-order valence-electron chi connectivity index (χ4n) is 4.94. The highest BCUT2D eigenvalue weighted by Crippen LogP contribution is 2.44. The number of carbonyl (C=O) groups excluding carboxylic acids is 2. The number of hydrogen-bond donors (Lipinski definition) is 3. The molecule has 0 aromatic heterocycles. The second kappa shape index (κ2) is 10.9. The zero-order chi connectivity index (χ0) is 24.9. The molecule has 0 aliphatic heterocycles. The van der Waals surface area contributed by atoms with E-state index in [0.29, 0.717) is 0 Å². The lowest BCUT2D eigenvalue weighted by Gasteiger charge is -2.35. The highest BCUT2D eigenvalue weighted by atomic mass is 16.5. The number of ether oxygens (including phenoxy) is 2. The molecule has 2 amide bonds. The van der Waals surface area contributed by atoms with E-state index in [1.807, 2.05) is 36.4 Å². The number of amides is 2. The van der Waals surface area contributed by atoms with E-state index in [9.17, 15) is 19.5 Å². The minimum atomic E-state index is -1.02. The van der Waals surface area contributed by atoms with Gasteiger partial charge in [0.15, 0.2) is 0 Å². The third-order valence-corrected chi connectivity index (χ3v) is 7.18. The Morgan fingerprint density at radius 2 is 1.60 bits per heavy atom. The number of carboxylic acids is 1. The van der Waals surface area contributed by atoms with Gasteiger partial charge in [-0.3, -0.25) is 9.59 Å². The first kappa shape index (κ1) is 24.7. The van der Waals surface area contributed by atoms with E-state index in [0.717, 1.165) is 41.5 Å². The van der Waals surface area contributed by atoms with Crippen molar-refractivity contribution in [1.29, 1.82) is 0 Å². The summed E-state index contributed by atoms with van der Waals surface area (Å²) >= 11 is 0. The summed E-state index contributed by atoms with van der Waals surface area (Å²) in [6.45, 7) is 1.79. The molecule has 35 heavy (non-hydrogen) atoms. The quantitative estimate of drug-likeness (QED) is 0.478. The van der Waals surface area contributed by atoms with Gasteiger partial charge in [-0.25, -0.2) is 4.79 Å². The summed E-state index contributed by atoms with van der Waals surface area (Å²) in [7, 11) is 1.45. The number of rotatable bonds is 10. The fraction of sp³-hybridized carbons (Fsp3) is 0.444. The maximum Gasteiger partial charge on any atom is 0.407 e. The van der Waals surface area contributed by atoms with Crippen LogP contribution in [0.2, 0.25) is 0 Å². The van der Waals surface area contributed by atoms with E-state index in [1.54, 1.807) is 6.92 Å². The maximum absolute atomic E-state index is 13.0. The van der Waals surface area contributed by atoms with Crippen LogP contribution in [0.4, 0.5) is 4.79 Å². The van der Waals surface area contributed by atoms with E-state index in [4.69, 9.17) is 9.47 Å². The van der Waals surface area contributed by atoms with E-state index in [-0.39, 0.29) is 24.9 Å². The summed E-state index contributed by atoms with van der Waals surface area (Å²) in [5.41, 5.74) is 4.45. The van der Waals surface area contributed by atoms with Crippen molar-refractivity contribution in [2.75, 3.05) is 13.7 Å². The monoisotopic (exact) mass is 480 g/mol. The van der Waals surface area contributed by atoms with Crippen molar-refractivity contribution >= 4 is 18.0 Å². The largest absolute Gasteiger partial charge is 0.481 e. The van der Waals surface area contributed by atoms with Gasteiger partial charge in [0.05, 0.1) is 12.5 Å². The van der Waals surface area contributed by atoms with Crippen molar-refractivity contribution in [2.45, 2.75) is 56.7 Å². The molecule has 0 saturated heterocycles. The van der Waals surface area contributed by atoms with Gasteiger partial charge in [0.1, 0.15) is 12.6 Å². The lowest BCUT2D eigenvalue weighted by molar-refractivity contribution is -0.138. The summed E-state index contributed by atoms with van der Waals surface area (Å²) in [5, 5.41) is 14.7. The number of hydrogen-bond acceptors (Lipinski definition) is 5. The fourth-order valence-corrected chi connectivity index (χ4v) is 4.94. The Labute approximate surface area is 205 Å². The first-order valence-corrected chi connectivity index (χ1v) is 12.1. The number of alkyl carbamates (subject to hydrolysis) is 1. The average molecular weight is 481 g/mol. The van der Waals surface area contributed by atoms with Crippen LogP contribution >= 0.6 is 0 Å². The summed E-state index contributed by atoms with van der Waals surface area (Å²) in [6, 6.07) is 14.6. The SMILES string of the molecule is CO[C@H](C)[C@H](NC(=O)OCC1c2ccccc2-c2ccccc21)C(=O)NC(CC(=O)O)C1CCC1. The molecule has 0 spiro atoms. The van der Waals surface area contributed by atoms with Crippen LogP contribution < -0.4 is 10.6 Å². The van der Waals surface area contributed by atoms with Crippen molar-refractivity contribution in [3.8, 4) is 11.1 Å². The summed E-state index contributed by atoms with van der Waals surface area (Å²) in [4.78, 5) is 37.1. The molecule has 186 valence electrons. The Morgan fingerprint density at radius 3 is 2.11 bits per heavy atom. The van der Waals surface area contributed by atoms with Crippen LogP contribution in [0.15, 0.2) is 48.5 Å². The highest BCUT2D eigenvalue weighted by Gasteiger charge is 2.35. The van der Waals surface area contributed by atoms with Crippen LogP contribution in [0, 0.1) is 5.92 Å². The first-order chi connectivity index (χ1) is 16.9. The lowest BCUT2D eigenvalue weighted by atomic mass is 9.78. The molecule has 0 heterocycles. The molecule has 8 heteroatoms. The Balaban J connectivity index is 1.41. The number of carbonyl (C=O) groups is 3. The number of methoxy groups -OCH3 is 1. The molecule has 0 radical (unpaired) electrons.